The number of nitrogens with zero attached hydrogens (tertiary/aromatic N) is 4. The average molecular weight is 877 g/mol. The molecule has 356 valence electrons. The van der Waals surface area contributed by atoms with Crippen LogP contribution in [0.5, 0.6) is 5.88 Å². The normalized spacial score (nSPS) is 30.4. The number of carbonyl (C=O) groups is 4. The van der Waals surface area contributed by atoms with Crippen LogP contribution < -0.4 is 16.2 Å². The van der Waals surface area contributed by atoms with Crippen molar-refractivity contribution in [1.82, 2.24) is 19.7 Å². The summed E-state index contributed by atoms with van der Waals surface area (Å²) in [5.74, 6) is -2.58. The van der Waals surface area contributed by atoms with Crippen molar-refractivity contribution in [3.8, 4) is 5.88 Å². The van der Waals surface area contributed by atoms with Gasteiger partial charge in [-0.1, -0.05) is 48.5 Å². The smallest absolute Gasteiger partial charge is 0.316 e. The van der Waals surface area contributed by atoms with Crippen molar-refractivity contribution in [3.05, 3.63) is 29.6 Å². The van der Waals surface area contributed by atoms with E-state index >= 15 is 0 Å². The van der Waals surface area contributed by atoms with E-state index in [1.165, 1.54) is 7.11 Å². The van der Waals surface area contributed by atoms with Crippen molar-refractivity contribution < 1.29 is 42.9 Å². The number of cyclic esters (lactones) is 1. The molecule has 15 nitrogen and oxygen atoms in total. The minimum Gasteiger partial charge on any atom is -0.481 e. The fraction of sp³-hybridized carbons (Fsp3) is 0.766. The lowest BCUT2D eigenvalue weighted by Gasteiger charge is -2.44. The Morgan fingerprint density at radius 1 is 0.903 bits per heavy atom. The molecular formula is C47H84N6O9. The first-order valence-corrected chi connectivity index (χ1v) is 22.6. The number of likely N-dealkylation sites (N-methyl/N-ethyl adjacent to an activating group) is 1. The molecule has 0 radical (unpaired) electrons. The van der Waals surface area contributed by atoms with Crippen LogP contribution in [-0.4, -0.2) is 142 Å². The Hall–Kier alpha value is -3.63. The Labute approximate surface area is 373 Å². The highest BCUT2D eigenvalue weighted by Crippen LogP contribution is 2.34. The molecule has 2 aliphatic heterocycles. The quantitative estimate of drug-likeness (QED) is 0.0990. The fourth-order valence-corrected chi connectivity index (χ4v) is 8.47. The van der Waals surface area contributed by atoms with Crippen molar-refractivity contribution in [1.29, 1.82) is 0 Å². The number of rotatable bonds is 14. The van der Waals surface area contributed by atoms with Crippen molar-refractivity contribution in [2.24, 2.45) is 41.1 Å². The molecule has 3 heterocycles. The third-order valence-corrected chi connectivity index (χ3v) is 12.6. The largest absolute Gasteiger partial charge is 0.481 e. The number of ether oxygens (including phenoxy) is 5. The van der Waals surface area contributed by atoms with Gasteiger partial charge >= 0.3 is 5.97 Å². The van der Waals surface area contributed by atoms with Crippen LogP contribution in [0.4, 0.5) is 0 Å². The summed E-state index contributed by atoms with van der Waals surface area (Å²) >= 11 is 0. The molecule has 0 unspecified atom stereocenters. The number of esters is 1. The van der Waals surface area contributed by atoms with E-state index < -0.39 is 42.3 Å². The number of nitrogens with two attached hydrogens (primary N) is 2. The summed E-state index contributed by atoms with van der Waals surface area (Å²) in [5, 5.41) is 0. The fourth-order valence-electron chi connectivity index (χ4n) is 8.47. The Morgan fingerprint density at radius 2 is 1.52 bits per heavy atom. The van der Waals surface area contributed by atoms with Crippen molar-refractivity contribution in [2.75, 3.05) is 55.5 Å². The number of hydrogen-bond acceptors (Lipinski definition) is 15. The molecule has 0 aliphatic carbocycles. The van der Waals surface area contributed by atoms with Gasteiger partial charge in [-0.25, -0.2) is 4.98 Å². The van der Waals surface area contributed by atoms with Gasteiger partial charge in [0.1, 0.15) is 17.8 Å². The van der Waals surface area contributed by atoms with Gasteiger partial charge in [-0.05, 0) is 92.5 Å². The number of pyridine rings is 1. The second-order valence-corrected chi connectivity index (χ2v) is 17.3. The summed E-state index contributed by atoms with van der Waals surface area (Å²) in [6.45, 7) is 21.3. The van der Waals surface area contributed by atoms with E-state index in [2.05, 4.69) is 31.5 Å². The summed E-state index contributed by atoms with van der Waals surface area (Å²) in [6, 6.07) is 3.11. The minimum atomic E-state index is -0.980. The van der Waals surface area contributed by atoms with Gasteiger partial charge in [0, 0.05) is 73.4 Å². The van der Waals surface area contributed by atoms with E-state index in [9.17, 15) is 14.4 Å². The minimum absolute atomic E-state index is 0.0299. The Kier molecular flexibility index (Phi) is 25.7. The second kappa shape index (κ2) is 28.2. The Morgan fingerprint density at radius 3 is 2.05 bits per heavy atom. The monoisotopic (exact) mass is 877 g/mol. The summed E-state index contributed by atoms with van der Waals surface area (Å²) in [5.41, 5.74) is 15.7. The van der Waals surface area contributed by atoms with Crippen LogP contribution in [0.1, 0.15) is 113 Å². The molecule has 3 rings (SSSR count). The number of ketones is 2. The van der Waals surface area contributed by atoms with Gasteiger partial charge in [-0.15, -0.1) is 0 Å². The van der Waals surface area contributed by atoms with Gasteiger partial charge in [0.25, 0.3) is 6.47 Å². The van der Waals surface area contributed by atoms with Gasteiger partial charge in [-0.3, -0.25) is 19.2 Å². The highest BCUT2D eigenvalue weighted by molar-refractivity contribution is 6.00. The average Bonchev–Trinajstić information content (AvgIpc) is 3.27. The zero-order chi connectivity index (χ0) is 47.4. The maximum absolute atomic E-state index is 14.3. The number of Topliss-reactive ketones (excluding diaryl/α,β-unsaturated/α-hetero) is 2. The molecule has 0 aromatic carbocycles. The summed E-state index contributed by atoms with van der Waals surface area (Å²) in [4.78, 5) is 61.7. The standard InChI is InChI=1S/C43H74N6O7.C2H4O2.C2H6/c1-14-33-23-34(49(12)20-16-15-19-48(11)31(8)37(44)32-17-18-36(53-13)46-24-32)28(5)39(50)25(2)21-26(3)41(29(6)40(51)30(7)42(52)55-33)56-43-38(45)35(47(9)10)22-27(4)54-43;1-4-2-3;1-2/h17-18,24-30,33-35,38,41,43H,14-16,19-23,44-45H2,1-13H3;2H,1H3;1-2H3/b37-31-;;/t25-,26+,27-,28-,29+,30-,33-,34+,35+,38-,41+,43+;;/m1../s1. The van der Waals surface area contributed by atoms with Crippen molar-refractivity contribution in [3.63, 3.8) is 0 Å². The maximum Gasteiger partial charge on any atom is 0.316 e. The van der Waals surface area contributed by atoms with Crippen LogP contribution in [0.2, 0.25) is 0 Å². The van der Waals surface area contributed by atoms with Crippen LogP contribution in [0.25, 0.3) is 5.70 Å². The van der Waals surface area contributed by atoms with Crippen molar-refractivity contribution >= 4 is 29.7 Å². The van der Waals surface area contributed by atoms with Crippen LogP contribution in [0.15, 0.2) is 24.0 Å². The molecule has 0 saturated carbocycles. The first-order valence-electron chi connectivity index (χ1n) is 22.6. The number of allylic oxidation sites excluding steroid dienone is 1. The SMILES string of the molecule is CC.CC[C@@H]1C[C@H](N(C)CCCCN(C)/C(C)=C(\N)c2ccc(OC)nc2)[C@@H](C)C(=O)[C@H](C)C[C@H](C)[C@H](O[C@@H]2O[C@H](C)C[C@H](N(C)C)[C@H]2N)[C@@H](C)C(=O)[C@@H](C)C(=O)O1.COC=O. The lowest BCUT2D eigenvalue weighted by molar-refractivity contribution is -0.244. The third kappa shape index (κ3) is 16.5. The summed E-state index contributed by atoms with van der Waals surface area (Å²) in [7, 11) is 11.0. The molecule has 2 fully saturated rings. The highest BCUT2D eigenvalue weighted by atomic mass is 16.7. The van der Waals surface area contributed by atoms with Gasteiger partial charge in [-0.2, -0.15) is 0 Å². The first-order chi connectivity index (χ1) is 29.2. The molecule has 0 amide bonds. The van der Waals surface area contributed by atoms with E-state index in [-0.39, 0.29) is 47.5 Å². The van der Waals surface area contributed by atoms with Crippen LogP contribution in [0.3, 0.4) is 0 Å². The molecule has 0 spiro atoms. The zero-order valence-electron chi connectivity index (χ0n) is 41.0. The van der Waals surface area contributed by atoms with Gasteiger partial charge in [0.05, 0.1) is 38.2 Å². The summed E-state index contributed by atoms with van der Waals surface area (Å²) < 4.78 is 28.0. The highest BCUT2D eigenvalue weighted by Gasteiger charge is 2.44. The topological polar surface area (TPSA) is 189 Å². The molecule has 15 heteroatoms. The number of methoxy groups -OCH3 is 2. The Balaban J connectivity index is 0.00000302. The van der Waals surface area contributed by atoms with E-state index in [4.69, 9.17) is 35.2 Å². The van der Waals surface area contributed by atoms with Gasteiger partial charge < -0.3 is 49.9 Å². The number of hydrogen-bond donors (Lipinski definition) is 2. The lowest BCUT2D eigenvalue weighted by atomic mass is 9.78. The lowest BCUT2D eigenvalue weighted by Crippen LogP contribution is -2.60. The molecule has 62 heavy (non-hydrogen) atoms. The van der Waals surface area contributed by atoms with E-state index in [0.717, 1.165) is 43.6 Å². The van der Waals surface area contributed by atoms with E-state index in [1.807, 2.05) is 82.6 Å². The molecule has 1 aromatic heterocycles. The predicted molar refractivity (Wildman–Crippen MR) is 245 cm³/mol. The van der Waals surface area contributed by atoms with E-state index in [0.29, 0.717) is 37.3 Å². The van der Waals surface area contributed by atoms with Gasteiger partial charge in [0.15, 0.2) is 12.1 Å². The predicted octanol–water partition coefficient (Wildman–Crippen LogP) is 5.78. The Bertz CT molecular complexity index is 1530. The van der Waals surface area contributed by atoms with Gasteiger partial charge in [0.2, 0.25) is 5.88 Å². The molecule has 2 aliphatic rings. The van der Waals surface area contributed by atoms with E-state index in [1.54, 1.807) is 33.2 Å². The molecule has 4 N–H and O–H groups in total. The van der Waals surface area contributed by atoms with Crippen LogP contribution >= 0.6 is 0 Å². The zero-order valence-corrected chi connectivity index (χ0v) is 41.0. The summed E-state index contributed by atoms with van der Waals surface area (Å²) in [6.07, 6.45) is 3.92. The molecular weight excluding hydrogens is 793 g/mol. The van der Waals surface area contributed by atoms with Crippen molar-refractivity contribution in [2.45, 2.75) is 150 Å². The van der Waals surface area contributed by atoms with Crippen LogP contribution in [-0.2, 0) is 38.1 Å². The third-order valence-electron chi connectivity index (χ3n) is 12.6. The molecule has 12 atom stereocenters. The molecule has 0 bridgehead atoms. The van der Waals surface area contributed by atoms with Crippen LogP contribution in [0, 0.1) is 29.6 Å². The second-order valence-electron chi connectivity index (χ2n) is 17.3. The number of unbranched alkanes of at least 4 members (excludes halogenated alkanes) is 1. The molecule has 2 saturated heterocycles. The number of carbonyl (C=O) groups excluding carboxylic acids is 4. The maximum atomic E-state index is 14.3. The first kappa shape index (κ1) is 56.4. The molecule has 1 aromatic rings. The number of aromatic nitrogens is 1.